The van der Waals surface area contributed by atoms with E-state index in [1.165, 1.54) is 31.5 Å². The highest BCUT2D eigenvalue weighted by atomic mass is 19.1. The van der Waals surface area contributed by atoms with Gasteiger partial charge in [0.1, 0.15) is 12.4 Å². The summed E-state index contributed by atoms with van der Waals surface area (Å²) in [5.74, 6) is -1.46. The highest BCUT2D eigenvalue weighted by molar-refractivity contribution is 5.87. The molecule has 3 aromatic rings. The average molecular weight is 397 g/mol. The predicted molar refractivity (Wildman–Crippen MR) is 104 cm³/mol. The van der Waals surface area contributed by atoms with Gasteiger partial charge in [-0.25, -0.2) is 13.6 Å². The smallest absolute Gasteiger partial charge is 0.335 e. The lowest BCUT2D eigenvalue weighted by atomic mass is 10.1. The number of benzene rings is 3. The standard InChI is InChI=1S/C22H17F2NO4/c1-28-21-10-15(12-25-19-8-7-17(23)11-18(19)24)4-9-20(21)29-13-14-2-5-16(6-3-14)22(26)27/h2-12H,13H2,1H3,(H,26,27). The molecule has 1 N–H and O–H groups in total. The third-order valence-corrected chi connectivity index (χ3v) is 4.05. The first kappa shape index (κ1) is 20.0. The number of aromatic carboxylic acids is 1. The Kier molecular flexibility index (Phi) is 6.19. The van der Waals surface area contributed by atoms with Gasteiger partial charge in [-0.1, -0.05) is 12.1 Å². The summed E-state index contributed by atoms with van der Waals surface area (Å²) in [6, 6.07) is 14.6. The molecule has 0 heterocycles. The van der Waals surface area contributed by atoms with E-state index >= 15 is 0 Å². The van der Waals surface area contributed by atoms with Crippen LogP contribution in [-0.4, -0.2) is 24.4 Å². The minimum Gasteiger partial charge on any atom is -0.493 e. The van der Waals surface area contributed by atoms with E-state index in [1.807, 2.05) is 0 Å². The summed E-state index contributed by atoms with van der Waals surface area (Å²) >= 11 is 0. The van der Waals surface area contributed by atoms with Gasteiger partial charge in [-0.05, 0) is 53.6 Å². The zero-order valence-electron chi connectivity index (χ0n) is 15.4. The van der Waals surface area contributed by atoms with Gasteiger partial charge >= 0.3 is 5.97 Å². The fraction of sp³-hybridized carbons (Fsp3) is 0.0909. The molecule has 148 valence electrons. The minimum atomic E-state index is -0.989. The molecule has 5 nitrogen and oxygen atoms in total. The van der Waals surface area contributed by atoms with Crippen LogP contribution in [0, 0.1) is 11.6 Å². The van der Waals surface area contributed by atoms with E-state index < -0.39 is 17.6 Å². The van der Waals surface area contributed by atoms with Crippen molar-refractivity contribution in [1.29, 1.82) is 0 Å². The summed E-state index contributed by atoms with van der Waals surface area (Å²) in [6.07, 6.45) is 1.44. The summed E-state index contributed by atoms with van der Waals surface area (Å²) in [5, 5.41) is 8.93. The number of nitrogens with zero attached hydrogens (tertiary/aromatic N) is 1. The molecular weight excluding hydrogens is 380 g/mol. The second-order valence-electron chi connectivity index (χ2n) is 6.05. The quantitative estimate of drug-likeness (QED) is 0.570. The Morgan fingerprint density at radius 2 is 1.79 bits per heavy atom. The van der Waals surface area contributed by atoms with Crippen LogP contribution >= 0.6 is 0 Å². The van der Waals surface area contributed by atoms with Gasteiger partial charge in [-0.3, -0.25) is 4.99 Å². The van der Waals surface area contributed by atoms with Crippen molar-refractivity contribution in [3.05, 3.63) is 89.0 Å². The second-order valence-corrected chi connectivity index (χ2v) is 6.05. The SMILES string of the molecule is COc1cc(C=Nc2ccc(F)cc2F)ccc1OCc1ccc(C(=O)O)cc1. The van der Waals surface area contributed by atoms with Crippen LogP contribution in [0.1, 0.15) is 21.5 Å². The Hall–Kier alpha value is -3.74. The summed E-state index contributed by atoms with van der Waals surface area (Å²) in [4.78, 5) is 14.9. The third-order valence-electron chi connectivity index (χ3n) is 4.05. The first-order valence-electron chi connectivity index (χ1n) is 8.58. The molecular formula is C22H17F2NO4. The van der Waals surface area contributed by atoms with Crippen molar-refractivity contribution in [2.24, 2.45) is 4.99 Å². The molecule has 0 saturated carbocycles. The van der Waals surface area contributed by atoms with Crippen LogP contribution in [-0.2, 0) is 6.61 Å². The largest absolute Gasteiger partial charge is 0.493 e. The number of carboxylic acids is 1. The Labute approximate surface area is 165 Å². The van der Waals surface area contributed by atoms with Crippen LogP contribution < -0.4 is 9.47 Å². The number of carboxylic acid groups (broad SMARTS) is 1. The van der Waals surface area contributed by atoms with E-state index in [4.69, 9.17) is 14.6 Å². The fourth-order valence-electron chi connectivity index (χ4n) is 2.52. The van der Waals surface area contributed by atoms with Crippen LogP contribution in [0.4, 0.5) is 14.5 Å². The van der Waals surface area contributed by atoms with Crippen molar-refractivity contribution in [1.82, 2.24) is 0 Å². The average Bonchev–Trinajstić information content (AvgIpc) is 2.72. The summed E-state index contributed by atoms with van der Waals surface area (Å²) < 4.78 is 37.7. The second kappa shape index (κ2) is 8.97. The van der Waals surface area contributed by atoms with Crippen molar-refractivity contribution in [3.63, 3.8) is 0 Å². The first-order valence-corrected chi connectivity index (χ1v) is 8.58. The molecule has 0 aromatic heterocycles. The maximum atomic E-state index is 13.7. The molecule has 0 aliphatic carbocycles. The lowest BCUT2D eigenvalue weighted by molar-refractivity contribution is 0.0697. The van der Waals surface area contributed by atoms with E-state index in [0.29, 0.717) is 17.1 Å². The molecule has 0 saturated heterocycles. The van der Waals surface area contributed by atoms with Crippen LogP contribution in [0.25, 0.3) is 0 Å². The molecule has 0 amide bonds. The number of hydrogen-bond acceptors (Lipinski definition) is 4. The van der Waals surface area contributed by atoms with Crippen molar-refractivity contribution in [2.45, 2.75) is 6.61 Å². The van der Waals surface area contributed by atoms with Crippen LogP contribution in [0.5, 0.6) is 11.5 Å². The van der Waals surface area contributed by atoms with Crippen LogP contribution in [0.2, 0.25) is 0 Å². The molecule has 3 rings (SSSR count). The van der Waals surface area contributed by atoms with E-state index in [0.717, 1.165) is 17.7 Å². The van der Waals surface area contributed by atoms with Gasteiger partial charge in [0.15, 0.2) is 17.3 Å². The topological polar surface area (TPSA) is 68.1 Å². The van der Waals surface area contributed by atoms with Gasteiger partial charge in [-0.15, -0.1) is 0 Å². The van der Waals surface area contributed by atoms with Gasteiger partial charge in [0.05, 0.1) is 18.4 Å². The van der Waals surface area contributed by atoms with Gasteiger partial charge in [0.2, 0.25) is 0 Å². The van der Waals surface area contributed by atoms with E-state index in [-0.39, 0.29) is 17.9 Å². The number of ether oxygens (including phenoxy) is 2. The zero-order valence-corrected chi connectivity index (χ0v) is 15.4. The molecule has 0 aliphatic rings. The molecule has 0 spiro atoms. The van der Waals surface area contributed by atoms with E-state index in [1.54, 1.807) is 30.3 Å². The number of rotatable bonds is 7. The molecule has 0 bridgehead atoms. The first-order chi connectivity index (χ1) is 14.0. The van der Waals surface area contributed by atoms with Crippen LogP contribution in [0.15, 0.2) is 65.7 Å². The Morgan fingerprint density at radius 1 is 1.03 bits per heavy atom. The zero-order chi connectivity index (χ0) is 20.8. The lowest BCUT2D eigenvalue weighted by Gasteiger charge is -2.11. The molecule has 3 aromatic carbocycles. The van der Waals surface area contributed by atoms with Gasteiger partial charge in [0, 0.05) is 12.3 Å². The summed E-state index contributed by atoms with van der Waals surface area (Å²) in [6.45, 7) is 0.227. The Bertz CT molecular complexity index is 1050. The molecule has 0 fully saturated rings. The van der Waals surface area contributed by atoms with Gasteiger partial charge < -0.3 is 14.6 Å². The van der Waals surface area contributed by atoms with Crippen molar-refractivity contribution >= 4 is 17.9 Å². The fourth-order valence-corrected chi connectivity index (χ4v) is 2.52. The molecule has 29 heavy (non-hydrogen) atoms. The maximum Gasteiger partial charge on any atom is 0.335 e. The highest BCUT2D eigenvalue weighted by Crippen LogP contribution is 2.29. The monoisotopic (exact) mass is 397 g/mol. The Balaban J connectivity index is 1.71. The molecule has 0 atom stereocenters. The number of methoxy groups -OCH3 is 1. The Morgan fingerprint density at radius 3 is 2.45 bits per heavy atom. The third kappa shape index (κ3) is 5.16. The molecule has 0 unspecified atom stereocenters. The maximum absolute atomic E-state index is 13.7. The van der Waals surface area contributed by atoms with Crippen LogP contribution in [0.3, 0.4) is 0 Å². The molecule has 0 aliphatic heterocycles. The summed E-state index contributed by atoms with van der Waals surface area (Å²) in [7, 11) is 1.49. The predicted octanol–water partition coefficient (Wildman–Crippen LogP) is 5.00. The van der Waals surface area contributed by atoms with Crippen molar-refractivity contribution < 1.29 is 28.2 Å². The number of carbonyl (C=O) groups is 1. The van der Waals surface area contributed by atoms with E-state index in [9.17, 15) is 13.6 Å². The van der Waals surface area contributed by atoms with Crippen molar-refractivity contribution in [2.75, 3.05) is 7.11 Å². The van der Waals surface area contributed by atoms with Gasteiger partial charge in [0.25, 0.3) is 0 Å². The molecule has 0 radical (unpaired) electrons. The number of hydrogen-bond donors (Lipinski definition) is 1. The highest BCUT2D eigenvalue weighted by Gasteiger charge is 2.07. The summed E-state index contributed by atoms with van der Waals surface area (Å²) in [5.41, 5.74) is 1.67. The normalized spacial score (nSPS) is 10.9. The van der Waals surface area contributed by atoms with Gasteiger partial charge in [-0.2, -0.15) is 0 Å². The minimum absolute atomic E-state index is 0.0236. The lowest BCUT2D eigenvalue weighted by Crippen LogP contribution is -2.00. The van der Waals surface area contributed by atoms with E-state index in [2.05, 4.69) is 4.99 Å². The molecule has 7 heteroatoms. The van der Waals surface area contributed by atoms with Crippen molar-refractivity contribution in [3.8, 4) is 11.5 Å². The number of halogens is 2. The number of aliphatic imine (C=N–C) groups is 1.